The molecule has 0 saturated heterocycles. The van der Waals surface area contributed by atoms with Crippen LogP contribution in [0.3, 0.4) is 0 Å². The van der Waals surface area contributed by atoms with Crippen LogP contribution in [0.25, 0.3) is 0 Å². The van der Waals surface area contributed by atoms with Crippen molar-refractivity contribution >= 4 is 28.1 Å². The van der Waals surface area contributed by atoms with E-state index in [9.17, 15) is 21.6 Å². The van der Waals surface area contributed by atoms with Crippen LogP contribution in [-0.2, 0) is 10.0 Å². The van der Waals surface area contributed by atoms with E-state index in [1.165, 1.54) is 12.1 Å². The predicted octanol–water partition coefficient (Wildman–Crippen LogP) is 3.89. The molecule has 1 aromatic heterocycles. The van der Waals surface area contributed by atoms with Gasteiger partial charge >= 0.3 is 6.36 Å². The number of hydrogen-bond donors (Lipinski definition) is 2. The molecule has 2 aromatic rings. The minimum atomic E-state index is -4.85. The summed E-state index contributed by atoms with van der Waals surface area (Å²) in [7, 11) is -4.01. The number of nitrogens with one attached hydrogen (secondary N) is 2. The van der Waals surface area contributed by atoms with Crippen molar-refractivity contribution in [2.24, 2.45) is 0 Å². The summed E-state index contributed by atoms with van der Waals surface area (Å²) >= 11 is 0. The number of aryl methyl sites for hydroxylation is 1. The van der Waals surface area contributed by atoms with Crippen molar-refractivity contribution in [1.29, 1.82) is 0 Å². The van der Waals surface area contributed by atoms with Crippen molar-refractivity contribution in [3.05, 3.63) is 42.1 Å². The van der Waals surface area contributed by atoms with E-state index in [0.29, 0.717) is 24.7 Å². The van der Waals surface area contributed by atoms with Gasteiger partial charge in [-0.1, -0.05) is 6.92 Å². The van der Waals surface area contributed by atoms with Gasteiger partial charge in [-0.2, -0.15) is 0 Å². The Bertz CT molecular complexity index is 910. The Balaban J connectivity index is 0.00000450. The quantitative estimate of drug-likeness (QED) is 0.513. The smallest absolute Gasteiger partial charge is 0.476 e. The highest BCUT2D eigenvalue weighted by atomic mass is 35.5. The third-order valence-electron chi connectivity index (χ3n) is 3.63. The van der Waals surface area contributed by atoms with E-state index in [2.05, 4.69) is 26.7 Å². The topological polar surface area (TPSA) is 89.6 Å². The molecule has 1 heterocycles. The standard InChI is InChI=1S/C18H22F3N3O4S.ClH/c1-3-10-22-11-12-27-17-9-8-16(13(2)23-17)24-29(25,26)15-6-4-14(5-7-15)28-18(19,20)21;/h4-9,22,24H,3,10-12H2,1-2H3;1H. The number of sulfonamides is 1. The van der Waals surface area contributed by atoms with E-state index in [1.807, 2.05) is 0 Å². The molecule has 0 amide bonds. The number of rotatable bonds is 10. The number of alkyl halides is 3. The first-order valence-electron chi connectivity index (χ1n) is 8.80. The molecule has 30 heavy (non-hydrogen) atoms. The Labute approximate surface area is 179 Å². The molecule has 0 radical (unpaired) electrons. The lowest BCUT2D eigenvalue weighted by Gasteiger charge is -2.13. The fourth-order valence-electron chi connectivity index (χ4n) is 2.28. The molecule has 7 nitrogen and oxygen atoms in total. The minimum absolute atomic E-state index is 0. The van der Waals surface area contributed by atoms with Crippen LogP contribution in [0.15, 0.2) is 41.3 Å². The Morgan fingerprint density at radius 3 is 2.30 bits per heavy atom. The van der Waals surface area contributed by atoms with Gasteiger partial charge in [0, 0.05) is 12.6 Å². The molecule has 12 heteroatoms. The van der Waals surface area contributed by atoms with Gasteiger partial charge in [0.2, 0.25) is 5.88 Å². The Morgan fingerprint density at radius 2 is 1.73 bits per heavy atom. The zero-order valence-corrected chi connectivity index (χ0v) is 18.0. The van der Waals surface area contributed by atoms with E-state index >= 15 is 0 Å². The van der Waals surface area contributed by atoms with Crippen molar-refractivity contribution in [3.8, 4) is 11.6 Å². The lowest BCUT2D eigenvalue weighted by Crippen LogP contribution is -2.22. The molecule has 0 unspecified atom stereocenters. The summed E-state index contributed by atoms with van der Waals surface area (Å²) < 4.78 is 73.1. The van der Waals surface area contributed by atoms with Gasteiger partial charge in [-0.05, 0) is 50.2 Å². The number of hydrogen-bond acceptors (Lipinski definition) is 6. The number of anilines is 1. The maximum Gasteiger partial charge on any atom is 0.573 e. The largest absolute Gasteiger partial charge is 0.573 e. The first-order valence-corrected chi connectivity index (χ1v) is 10.3. The summed E-state index contributed by atoms with van der Waals surface area (Å²) in [5, 5.41) is 3.18. The van der Waals surface area contributed by atoms with Crippen LogP contribution in [0, 0.1) is 6.92 Å². The summed E-state index contributed by atoms with van der Waals surface area (Å²) in [6.07, 6.45) is -3.83. The fraction of sp³-hybridized carbons (Fsp3) is 0.389. The second kappa shape index (κ2) is 11.2. The van der Waals surface area contributed by atoms with Gasteiger partial charge in [0.15, 0.2) is 0 Å². The number of nitrogens with zero attached hydrogens (tertiary/aromatic N) is 1. The maximum atomic E-state index is 12.5. The summed E-state index contributed by atoms with van der Waals surface area (Å²) in [6, 6.07) is 6.94. The van der Waals surface area contributed by atoms with Crippen LogP contribution >= 0.6 is 12.4 Å². The Hall–Kier alpha value is -2.24. The summed E-state index contributed by atoms with van der Waals surface area (Å²) in [5.41, 5.74) is 0.627. The average Bonchev–Trinajstić information content (AvgIpc) is 2.63. The van der Waals surface area contributed by atoms with Crippen molar-refractivity contribution in [2.75, 3.05) is 24.4 Å². The third kappa shape index (κ3) is 8.25. The molecule has 1 aromatic carbocycles. The van der Waals surface area contributed by atoms with Crippen LogP contribution < -0.4 is 19.5 Å². The molecule has 0 spiro atoms. The van der Waals surface area contributed by atoms with Gasteiger partial charge < -0.3 is 14.8 Å². The molecule has 0 aliphatic heterocycles. The summed E-state index contributed by atoms with van der Waals surface area (Å²) in [4.78, 5) is 3.99. The number of aromatic nitrogens is 1. The molecule has 0 atom stereocenters. The van der Waals surface area contributed by atoms with Gasteiger partial charge in [-0.25, -0.2) is 13.4 Å². The normalized spacial score (nSPS) is 11.5. The van der Waals surface area contributed by atoms with Crippen LogP contribution in [-0.4, -0.2) is 39.5 Å². The van der Waals surface area contributed by atoms with E-state index < -0.39 is 22.1 Å². The van der Waals surface area contributed by atoms with Crippen molar-refractivity contribution in [3.63, 3.8) is 0 Å². The van der Waals surface area contributed by atoms with Gasteiger partial charge in [0.05, 0.1) is 16.3 Å². The second-order valence-electron chi connectivity index (χ2n) is 6.01. The molecular weight excluding hydrogens is 447 g/mol. The Morgan fingerprint density at radius 1 is 1.07 bits per heavy atom. The third-order valence-corrected chi connectivity index (χ3v) is 5.01. The van der Waals surface area contributed by atoms with Crippen molar-refractivity contribution < 1.29 is 31.1 Å². The lowest BCUT2D eigenvalue weighted by atomic mass is 10.3. The number of benzene rings is 1. The highest BCUT2D eigenvalue weighted by molar-refractivity contribution is 7.92. The van der Waals surface area contributed by atoms with Crippen LogP contribution in [0.4, 0.5) is 18.9 Å². The molecule has 168 valence electrons. The number of halogens is 4. The van der Waals surface area contributed by atoms with E-state index in [0.717, 1.165) is 37.2 Å². The SMILES string of the molecule is CCCNCCOc1ccc(NS(=O)(=O)c2ccc(OC(F)(F)F)cc2)c(C)n1.Cl. The number of ether oxygens (including phenoxy) is 2. The summed E-state index contributed by atoms with van der Waals surface area (Å²) in [5.74, 6) is -0.151. The zero-order chi connectivity index (χ0) is 21.5. The van der Waals surface area contributed by atoms with E-state index in [-0.39, 0.29) is 23.0 Å². The maximum absolute atomic E-state index is 12.5. The molecule has 2 N–H and O–H groups in total. The minimum Gasteiger partial charge on any atom is -0.476 e. The highest BCUT2D eigenvalue weighted by Gasteiger charge is 2.31. The lowest BCUT2D eigenvalue weighted by molar-refractivity contribution is -0.274. The molecule has 0 fully saturated rings. The number of pyridine rings is 1. The van der Waals surface area contributed by atoms with Crippen LogP contribution in [0.5, 0.6) is 11.6 Å². The molecule has 0 saturated carbocycles. The molecule has 0 aliphatic carbocycles. The van der Waals surface area contributed by atoms with Gasteiger partial charge in [0.25, 0.3) is 10.0 Å². The average molecular weight is 470 g/mol. The van der Waals surface area contributed by atoms with Crippen molar-refractivity contribution in [2.45, 2.75) is 31.5 Å². The molecule has 0 aliphatic rings. The first kappa shape index (κ1) is 25.8. The molecular formula is C18H23ClF3N3O4S. The second-order valence-corrected chi connectivity index (χ2v) is 7.69. The van der Waals surface area contributed by atoms with Gasteiger partial charge in [-0.3, -0.25) is 4.72 Å². The van der Waals surface area contributed by atoms with Crippen molar-refractivity contribution in [1.82, 2.24) is 10.3 Å². The predicted molar refractivity (Wildman–Crippen MR) is 109 cm³/mol. The summed E-state index contributed by atoms with van der Waals surface area (Å²) in [6.45, 7) is 5.64. The zero-order valence-electron chi connectivity index (χ0n) is 16.3. The highest BCUT2D eigenvalue weighted by Crippen LogP contribution is 2.25. The monoisotopic (exact) mass is 469 g/mol. The van der Waals surface area contributed by atoms with Crippen LogP contribution in [0.2, 0.25) is 0 Å². The van der Waals surface area contributed by atoms with Gasteiger partial charge in [-0.15, -0.1) is 25.6 Å². The van der Waals surface area contributed by atoms with E-state index in [4.69, 9.17) is 4.74 Å². The van der Waals surface area contributed by atoms with Crippen LogP contribution in [0.1, 0.15) is 19.0 Å². The Kier molecular flexibility index (Phi) is 9.66. The molecule has 0 bridgehead atoms. The van der Waals surface area contributed by atoms with Gasteiger partial charge in [0.1, 0.15) is 12.4 Å². The molecule has 2 rings (SSSR count). The van der Waals surface area contributed by atoms with E-state index in [1.54, 1.807) is 6.92 Å². The first-order chi connectivity index (χ1) is 13.6. The fourth-order valence-corrected chi connectivity index (χ4v) is 3.40.